The van der Waals surface area contributed by atoms with E-state index in [4.69, 9.17) is 5.73 Å². The van der Waals surface area contributed by atoms with E-state index >= 15 is 0 Å². The van der Waals surface area contributed by atoms with Crippen molar-refractivity contribution < 1.29 is 0 Å². The van der Waals surface area contributed by atoms with Gasteiger partial charge in [-0.25, -0.2) is 4.99 Å². The lowest BCUT2D eigenvalue weighted by atomic mass is 10.2. The molecule has 0 atom stereocenters. The van der Waals surface area contributed by atoms with Crippen LogP contribution in [0, 0.1) is 6.92 Å². The molecular formula is C13H18IN5. The molecule has 1 aromatic carbocycles. The topological polar surface area (TPSA) is 68.2 Å². The Morgan fingerprint density at radius 3 is 2.63 bits per heavy atom. The Labute approximate surface area is 129 Å². The standard InChI is InChI=1S/C13H17N5.HI/c1-10-3-5-12(6-4-10)17-13(14)15-7-11-8-16-18(2)9-11;/h3-6,8-9H,7H2,1-2H3,(H3,14,15,17);1H. The third-order valence-corrected chi connectivity index (χ3v) is 2.51. The first kappa shape index (κ1) is 15.5. The molecule has 1 aromatic heterocycles. The predicted octanol–water partition coefficient (Wildman–Crippen LogP) is 2.27. The summed E-state index contributed by atoms with van der Waals surface area (Å²) in [6, 6.07) is 8.00. The number of anilines is 1. The van der Waals surface area contributed by atoms with Crippen molar-refractivity contribution in [1.82, 2.24) is 9.78 Å². The highest BCUT2D eigenvalue weighted by Gasteiger charge is 1.97. The number of nitrogens with zero attached hydrogens (tertiary/aromatic N) is 3. The van der Waals surface area contributed by atoms with Crippen molar-refractivity contribution in [2.45, 2.75) is 13.5 Å². The third kappa shape index (κ3) is 4.90. The van der Waals surface area contributed by atoms with Crippen LogP contribution in [0.3, 0.4) is 0 Å². The summed E-state index contributed by atoms with van der Waals surface area (Å²) in [5.41, 5.74) is 9.00. The Bertz CT molecular complexity index is 544. The minimum absolute atomic E-state index is 0. The minimum atomic E-state index is 0. The summed E-state index contributed by atoms with van der Waals surface area (Å²) >= 11 is 0. The lowest BCUT2D eigenvalue weighted by Crippen LogP contribution is -2.22. The van der Waals surface area contributed by atoms with Crippen LogP contribution in [0.25, 0.3) is 0 Å². The summed E-state index contributed by atoms with van der Waals surface area (Å²) in [7, 11) is 1.88. The van der Waals surface area contributed by atoms with Gasteiger partial charge in [0.2, 0.25) is 0 Å². The van der Waals surface area contributed by atoms with Gasteiger partial charge in [-0.1, -0.05) is 17.7 Å². The van der Waals surface area contributed by atoms with Crippen molar-refractivity contribution in [3.05, 3.63) is 47.8 Å². The maximum atomic E-state index is 5.81. The fraction of sp³-hybridized carbons (Fsp3) is 0.231. The van der Waals surface area contributed by atoms with Gasteiger partial charge in [0.1, 0.15) is 0 Å². The van der Waals surface area contributed by atoms with Crippen LogP contribution in [0.2, 0.25) is 0 Å². The van der Waals surface area contributed by atoms with Crippen LogP contribution in [0.15, 0.2) is 41.7 Å². The van der Waals surface area contributed by atoms with Gasteiger partial charge in [-0.2, -0.15) is 5.10 Å². The number of hydrogen-bond donors (Lipinski definition) is 2. The van der Waals surface area contributed by atoms with E-state index in [1.165, 1.54) is 5.56 Å². The number of rotatable bonds is 3. The third-order valence-electron chi connectivity index (χ3n) is 2.51. The van der Waals surface area contributed by atoms with Crippen LogP contribution in [0.4, 0.5) is 5.69 Å². The molecule has 102 valence electrons. The zero-order chi connectivity index (χ0) is 13.0. The van der Waals surface area contributed by atoms with Crippen molar-refractivity contribution in [3.8, 4) is 0 Å². The van der Waals surface area contributed by atoms with Crippen molar-refractivity contribution in [2.24, 2.45) is 17.8 Å². The average molecular weight is 371 g/mol. The van der Waals surface area contributed by atoms with E-state index in [9.17, 15) is 0 Å². The second-order valence-electron chi connectivity index (χ2n) is 4.21. The van der Waals surface area contributed by atoms with Gasteiger partial charge in [0, 0.05) is 24.5 Å². The molecule has 0 saturated carbocycles. The molecule has 5 nitrogen and oxygen atoms in total. The molecule has 0 spiro atoms. The van der Waals surface area contributed by atoms with E-state index in [1.807, 2.05) is 44.4 Å². The first-order valence-corrected chi connectivity index (χ1v) is 5.74. The summed E-state index contributed by atoms with van der Waals surface area (Å²) in [6.07, 6.45) is 3.70. The van der Waals surface area contributed by atoms with Crippen LogP contribution >= 0.6 is 24.0 Å². The van der Waals surface area contributed by atoms with E-state index in [0.29, 0.717) is 12.5 Å². The quantitative estimate of drug-likeness (QED) is 0.494. The van der Waals surface area contributed by atoms with Gasteiger partial charge < -0.3 is 11.1 Å². The van der Waals surface area contributed by atoms with E-state index in [0.717, 1.165) is 11.3 Å². The number of hydrogen-bond acceptors (Lipinski definition) is 2. The van der Waals surface area contributed by atoms with Gasteiger partial charge in [-0.15, -0.1) is 24.0 Å². The Hall–Kier alpha value is -1.57. The Morgan fingerprint density at radius 2 is 2.05 bits per heavy atom. The predicted molar refractivity (Wildman–Crippen MR) is 88.8 cm³/mol. The molecule has 0 aliphatic heterocycles. The minimum Gasteiger partial charge on any atom is -0.370 e. The van der Waals surface area contributed by atoms with E-state index in [1.54, 1.807) is 10.9 Å². The smallest absolute Gasteiger partial charge is 0.193 e. The largest absolute Gasteiger partial charge is 0.370 e. The molecule has 1 heterocycles. The summed E-state index contributed by atoms with van der Waals surface area (Å²) in [6.45, 7) is 2.57. The monoisotopic (exact) mass is 371 g/mol. The number of benzene rings is 1. The fourth-order valence-electron chi connectivity index (χ4n) is 1.55. The van der Waals surface area contributed by atoms with E-state index in [2.05, 4.69) is 15.4 Å². The molecule has 19 heavy (non-hydrogen) atoms. The zero-order valence-electron chi connectivity index (χ0n) is 11.0. The van der Waals surface area contributed by atoms with Gasteiger partial charge in [0.15, 0.2) is 5.96 Å². The van der Waals surface area contributed by atoms with Crippen LogP contribution in [0.1, 0.15) is 11.1 Å². The number of aliphatic imine (C=N–C) groups is 1. The van der Waals surface area contributed by atoms with Crippen LogP contribution < -0.4 is 11.1 Å². The van der Waals surface area contributed by atoms with Gasteiger partial charge in [0.05, 0.1) is 12.7 Å². The molecule has 0 aliphatic rings. The Balaban J connectivity index is 0.00000180. The fourth-order valence-corrected chi connectivity index (χ4v) is 1.55. The number of aryl methyl sites for hydroxylation is 2. The lowest BCUT2D eigenvalue weighted by molar-refractivity contribution is 0.767. The number of aromatic nitrogens is 2. The van der Waals surface area contributed by atoms with Crippen molar-refractivity contribution in [2.75, 3.05) is 5.32 Å². The number of nitrogens with two attached hydrogens (primary N) is 1. The zero-order valence-corrected chi connectivity index (χ0v) is 13.3. The molecule has 0 radical (unpaired) electrons. The Morgan fingerprint density at radius 1 is 1.37 bits per heavy atom. The van der Waals surface area contributed by atoms with E-state index < -0.39 is 0 Å². The van der Waals surface area contributed by atoms with Crippen LogP contribution in [0.5, 0.6) is 0 Å². The number of nitrogens with one attached hydrogen (secondary N) is 1. The first-order chi connectivity index (χ1) is 8.63. The highest BCUT2D eigenvalue weighted by molar-refractivity contribution is 14.0. The van der Waals surface area contributed by atoms with Crippen molar-refractivity contribution in [3.63, 3.8) is 0 Å². The lowest BCUT2D eigenvalue weighted by Gasteiger charge is -2.05. The van der Waals surface area contributed by atoms with Crippen LogP contribution in [-0.2, 0) is 13.6 Å². The molecular weight excluding hydrogens is 353 g/mol. The second kappa shape index (κ2) is 7.13. The normalized spacial score (nSPS) is 10.9. The molecule has 0 bridgehead atoms. The highest BCUT2D eigenvalue weighted by atomic mass is 127. The van der Waals surface area contributed by atoms with Gasteiger partial charge in [-0.05, 0) is 19.1 Å². The Kier molecular flexibility index (Phi) is 5.81. The summed E-state index contributed by atoms with van der Waals surface area (Å²) in [4.78, 5) is 4.26. The van der Waals surface area contributed by atoms with E-state index in [-0.39, 0.29) is 24.0 Å². The molecule has 3 N–H and O–H groups in total. The molecule has 0 aliphatic carbocycles. The van der Waals surface area contributed by atoms with Gasteiger partial charge in [-0.3, -0.25) is 4.68 Å². The second-order valence-corrected chi connectivity index (χ2v) is 4.21. The number of guanidine groups is 1. The molecule has 0 unspecified atom stereocenters. The SMILES string of the molecule is Cc1ccc(NC(N)=NCc2cnn(C)c2)cc1.I. The van der Waals surface area contributed by atoms with Gasteiger partial charge in [0.25, 0.3) is 0 Å². The molecule has 0 fully saturated rings. The van der Waals surface area contributed by atoms with Gasteiger partial charge >= 0.3 is 0 Å². The summed E-state index contributed by atoms with van der Waals surface area (Å²) in [5, 5.41) is 7.12. The summed E-state index contributed by atoms with van der Waals surface area (Å²) in [5.74, 6) is 0.405. The van der Waals surface area contributed by atoms with Crippen molar-refractivity contribution >= 4 is 35.6 Å². The van der Waals surface area contributed by atoms with Crippen molar-refractivity contribution in [1.29, 1.82) is 0 Å². The molecule has 0 amide bonds. The maximum absolute atomic E-state index is 5.81. The van der Waals surface area contributed by atoms with Crippen LogP contribution in [-0.4, -0.2) is 15.7 Å². The maximum Gasteiger partial charge on any atom is 0.193 e. The highest BCUT2D eigenvalue weighted by Crippen LogP contribution is 2.08. The first-order valence-electron chi connectivity index (χ1n) is 5.74. The summed E-state index contributed by atoms with van der Waals surface area (Å²) < 4.78 is 1.74. The molecule has 2 rings (SSSR count). The number of halogens is 1. The molecule has 6 heteroatoms. The molecule has 0 saturated heterocycles. The average Bonchev–Trinajstić information content (AvgIpc) is 2.76. The molecule has 2 aromatic rings.